The van der Waals surface area contributed by atoms with Crippen molar-refractivity contribution in [3.63, 3.8) is 0 Å². The third kappa shape index (κ3) is 45.0. The molecule has 0 bridgehead atoms. The number of aromatic amines is 3. The number of imidazole rings is 1. The van der Waals surface area contributed by atoms with Crippen LogP contribution in [0.15, 0.2) is 73.3 Å². The lowest BCUT2D eigenvalue weighted by atomic mass is 10.0. The van der Waals surface area contributed by atoms with Crippen LogP contribution in [0.4, 0.5) is 0 Å². The average molecular weight is 1930 g/mol. The highest BCUT2D eigenvalue weighted by Crippen LogP contribution is 2.22. The van der Waals surface area contributed by atoms with Gasteiger partial charge in [-0.05, 0) is 105 Å². The minimum absolute atomic E-state index is 0.00574. The number of nitrogens with one attached hydrogen (secondary N) is 19. The molecule has 11 atom stereocenters. The fourth-order valence-electron chi connectivity index (χ4n) is 15.0. The Morgan fingerprint density at radius 2 is 1.12 bits per heavy atom. The number of hydrogen-bond acceptors (Lipinski definition) is 26. The first-order chi connectivity index (χ1) is 66.4. The number of guanidine groups is 1. The summed E-state index contributed by atoms with van der Waals surface area (Å²) in [5.74, 6) is -14.9. The number of primary amides is 2. The third-order valence-corrected chi connectivity index (χ3v) is 22.8. The van der Waals surface area contributed by atoms with Crippen molar-refractivity contribution in [1.82, 2.24) is 115 Å². The second-order valence-electron chi connectivity index (χ2n) is 34.0. The van der Waals surface area contributed by atoms with Crippen molar-refractivity contribution in [2.45, 2.75) is 286 Å². The summed E-state index contributed by atoms with van der Waals surface area (Å²) in [5.41, 5.74) is 18.6. The average Bonchev–Trinajstić information content (AvgIpc) is 1.67. The molecule has 0 unspecified atom stereocenters. The molecule has 47 nitrogen and oxygen atoms in total. The van der Waals surface area contributed by atoms with Crippen LogP contribution in [0.5, 0.6) is 0 Å². The van der Waals surface area contributed by atoms with Gasteiger partial charge in [0.1, 0.15) is 72.8 Å². The number of ketones is 1. The number of carbonyl (C=O) groups excluding carboxylic acids is 17. The van der Waals surface area contributed by atoms with Gasteiger partial charge in [-0.2, -0.15) is 0 Å². The van der Waals surface area contributed by atoms with Gasteiger partial charge in [-0.25, -0.2) is 10.1 Å². The number of Topliss-reactive ketones (excluding diaryl/α,β-unsaturated/α-hetero) is 1. The zero-order valence-corrected chi connectivity index (χ0v) is 78.6. The number of carbonyl (C=O) groups is 17. The zero-order valence-electron chi connectivity index (χ0n) is 78.6. The molecule has 2 aromatic carbocycles. The monoisotopic (exact) mass is 1930 g/mol. The van der Waals surface area contributed by atoms with Crippen molar-refractivity contribution >= 4 is 117 Å². The van der Waals surface area contributed by atoms with Crippen molar-refractivity contribution in [3.8, 4) is 0 Å². The molecular weight excluding hydrogens is 1790 g/mol. The van der Waals surface area contributed by atoms with Crippen LogP contribution in [-0.2, 0) is 117 Å². The molecule has 0 radical (unpaired) electrons. The topological polar surface area (TPSA) is 730 Å². The van der Waals surface area contributed by atoms with Gasteiger partial charge in [0.2, 0.25) is 94.5 Å². The van der Waals surface area contributed by atoms with Gasteiger partial charge in [0.05, 0.1) is 57.6 Å². The van der Waals surface area contributed by atoms with E-state index in [9.17, 15) is 86.9 Å². The molecule has 47 heteroatoms. The van der Waals surface area contributed by atoms with E-state index < -0.39 is 238 Å². The number of aliphatic hydroxyl groups excluding tert-OH is 2. The van der Waals surface area contributed by atoms with Crippen molar-refractivity contribution in [3.05, 3.63) is 96.0 Å². The number of unbranched alkanes of at least 4 members (excludes halogenated alkanes) is 13. The van der Waals surface area contributed by atoms with Crippen molar-refractivity contribution in [1.29, 1.82) is 5.41 Å². The van der Waals surface area contributed by atoms with Gasteiger partial charge in [-0.3, -0.25) is 86.9 Å². The molecule has 1 aliphatic heterocycles. The first-order valence-electron chi connectivity index (χ1n) is 47.4. The number of nitrogens with zero attached hydrogens (tertiary/aromatic N) is 4. The number of amides is 16. The number of benzene rings is 2. The quantitative estimate of drug-likeness (QED) is 0.0108. The molecule has 3 aromatic heterocycles. The maximum Gasteiger partial charge on any atom is 0.246 e. The predicted molar refractivity (Wildman–Crippen MR) is 502 cm³/mol. The van der Waals surface area contributed by atoms with Crippen LogP contribution in [-0.4, -0.2) is 284 Å². The van der Waals surface area contributed by atoms with Crippen LogP contribution >= 0.6 is 0 Å². The predicted octanol–water partition coefficient (Wildman–Crippen LogP) is -2.63. The summed E-state index contributed by atoms with van der Waals surface area (Å²) >= 11 is 0. The summed E-state index contributed by atoms with van der Waals surface area (Å²) in [6.07, 6.45) is 17.3. The van der Waals surface area contributed by atoms with E-state index in [-0.39, 0.29) is 109 Å². The van der Waals surface area contributed by atoms with Crippen LogP contribution in [0.1, 0.15) is 216 Å². The number of aliphatic hydroxyl groups is 2. The Morgan fingerprint density at radius 3 is 1.75 bits per heavy atom. The second kappa shape index (κ2) is 64.6. The van der Waals surface area contributed by atoms with E-state index in [0.29, 0.717) is 24.0 Å². The summed E-state index contributed by atoms with van der Waals surface area (Å²) in [5, 5.41) is 81.8. The molecule has 0 saturated carbocycles. The van der Waals surface area contributed by atoms with Gasteiger partial charge in [-0.1, -0.05) is 139 Å². The molecule has 1 saturated heterocycles. The summed E-state index contributed by atoms with van der Waals surface area (Å²) in [4.78, 5) is 246. The molecule has 0 spiro atoms. The number of ether oxygens (including phenoxy) is 2. The number of tetrazole rings is 1. The molecular formula is C91H140N26O21. The van der Waals surface area contributed by atoms with Gasteiger partial charge < -0.3 is 127 Å². The summed E-state index contributed by atoms with van der Waals surface area (Å²) in [7, 11) is 0. The van der Waals surface area contributed by atoms with Gasteiger partial charge in [-0.15, -0.1) is 5.10 Å². The number of hydrogen-bond donors (Lipinski definition) is 24. The smallest absolute Gasteiger partial charge is 0.246 e. The van der Waals surface area contributed by atoms with Gasteiger partial charge in [0.25, 0.3) is 0 Å². The van der Waals surface area contributed by atoms with Gasteiger partial charge >= 0.3 is 0 Å². The Balaban J connectivity index is 1.07. The van der Waals surface area contributed by atoms with Crippen LogP contribution in [0.25, 0.3) is 10.9 Å². The van der Waals surface area contributed by atoms with Crippen molar-refractivity contribution < 1.29 is 101 Å². The number of fused-ring (bicyclic) bond motifs is 1. The summed E-state index contributed by atoms with van der Waals surface area (Å²) in [6.45, 7) is 0.141. The number of aromatic nitrogens is 7. The lowest BCUT2D eigenvalue weighted by Crippen LogP contribution is -2.61. The van der Waals surface area contributed by atoms with E-state index in [0.717, 1.165) is 55.3 Å². The largest absolute Gasteiger partial charge is 0.394 e. The van der Waals surface area contributed by atoms with Crippen molar-refractivity contribution in [2.75, 3.05) is 65.8 Å². The van der Waals surface area contributed by atoms with Crippen LogP contribution in [0.2, 0.25) is 0 Å². The maximum atomic E-state index is 15.0. The highest BCUT2D eigenvalue weighted by molar-refractivity contribution is 6.01. The number of H-pyrrole nitrogens is 3. The fraction of sp³-hybridized carbons (Fsp3) is 0.604. The molecule has 1 fully saturated rings. The third-order valence-electron chi connectivity index (χ3n) is 22.8. The Morgan fingerprint density at radius 1 is 0.536 bits per heavy atom. The Bertz CT molecular complexity index is 4680. The van der Waals surface area contributed by atoms with E-state index in [1.807, 2.05) is 12.1 Å². The molecule has 138 heavy (non-hydrogen) atoms. The lowest BCUT2D eigenvalue weighted by Gasteiger charge is -2.28. The van der Waals surface area contributed by atoms with E-state index in [2.05, 4.69) is 115 Å². The molecule has 6 rings (SSSR count). The normalized spacial score (nSPS) is 17.6. The molecule has 27 N–H and O–H groups in total. The van der Waals surface area contributed by atoms with Crippen LogP contribution < -0.4 is 97.0 Å². The number of nitrogens with two attached hydrogens (primary N) is 3. The molecule has 760 valence electrons. The lowest BCUT2D eigenvalue weighted by molar-refractivity contribution is -0.137. The SMILES string of the molecule is CCCC[C@H](NC(=O)[C@H](CO)NC(=O)[C@H](Cc1c[nH]cn1)NC(=O)[C@@H](CCC(N)=O)NC(=O)[C@H](CO)NC(=O)CNC(=O)COCCOCCNC(=O)CCCCCCCCCCCCCCCc1nnn[nH]1)C(=O)N[C@H]1CCC(=O)NCCCC[C@@H](C(C)=O)NC(=O)[C@H](Cc2c[nH]c3ccccc23)NC(=O)[C@H](CCCNC(=N)N)NC(=O)[C@@H](Cc2ccccc2)NC(=O)[C@H](CCC(N)=O)NC1=O. The number of para-hydroxylation sites is 1. The van der Waals surface area contributed by atoms with E-state index in [1.165, 1.54) is 70.8 Å². The van der Waals surface area contributed by atoms with Crippen LogP contribution in [0, 0.1) is 5.41 Å². The highest BCUT2D eigenvalue weighted by atomic mass is 16.5. The number of aryl methyl sites for hydroxylation is 1. The Kier molecular flexibility index (Phi) is 53.0. The molecule has 5 aromatic rings. The minimum Gasteiger partial charge on any atom is -0.394 e. The first kappa shape index (κ1) is 113. The molecule has 1 aliphatic rings. The van der Waals surface area contributed by atoms with E-state index >= 15 is 4.79 Å². The molecule has 0 aliphatic carbocycles. The van der Waals surface area contributed by atoms with Gasteiger partial charge in [0, 0.05) is 94.3 Å². The number of rotatable bonds is 59. The first-order valence-corrected chi connectivity index (χ1v) is 47.4. The molecule has 16 amide bonds. The van der Waals surface area contributed by atoms with Crippen LogP contribution in [0.3, 0.4) is 0 Å². The van der Waals surface area contributed by atoms with Crippen molar-refractivity contribution in [2.24, 2.45) is 17.2 Å². The molecule has 4 heterocycles. The fourth-order valence-corrected chi connectivity index (χ4v) is 15.0. The van der Waals surface area contributed by atoms with Gasteiger partial charge in [0.15, 0.2) is 11.7 Å². The highest BCUT2D eigenvalue weighted by Gasteiger charge is 2.38. The zero-order chi connectivity index (χ0) is 100. The Labute approximate surface area is 800 Å². The second-order valence-corrected chi connectivity index (χ2v) is 34.0. The summed E-state index contributed by atoms with van der Waals surface area (Å²) in [6, 6.07) is -2.39. The van der Waals surface area contributed by atoms with E-state index in [4.69, 9.17) is 32.1 Å². The van der Waals surface area contributed by atoms with E-state index in [1.54, 1.807) is 55.6 Å². The standard InChI is InChI=1S/C91H140N26O21/c1-3-4-29-64(81(127)108-68-37-40-78(124)97-41-24-23-30-62(57(2)120)104-87(133)70(48-59-50-100-63-31-22-21-28-61(59)63)111-82(128)65(32-25-42-99-91(94)95)105-86(132)69(47-58-26-17-16-18-27-58)110-84(130)66(107-83(68)129)35-38-74(92)121)106-90(136)73(54-119)113-88(134)71(49-60-51-96-56-102-60)112-85(131)67(36-39-75(93)122)109-89(135)72(53-118)103-79(125)52-101-80(126)55-138-46-45-137-44-43-98-77(123)34-20-15-13-11-9-7-5-6-8-10-12-14-19-33-76-114-116-117-115-76/h16-18,21-22,26-28,31,50-51,56,62,64-73,100,118-119H,3-15,19-20,23-25,29-30,32-49,52-55H2,1-2H3,(H2,92,121)(H2,93,122)(H,96,102)(H,97,124)(H,98,123)(H,101,126)(H,103,125)(H,104,133)(H,105,132)(H,106,136)(H,107,129)(H,108,127)(H,109,135)(H,110,130)(H,111,128)(H,112,131)(H,113,134)(H4,94,95,99)(H,114,115,116,117)/t62-,64-,65-,66-,67+,68-,69+,70-,71-,72-,73-/m0/s1. The minimum atomic E-state index is -1.94. The summed E-state index contributed by atoms with van der Waals surface area (Å²) < 4.78 is 10.8. The Hall–Kier alpha value is -13.4. The maximum absolute atomic E-state index is 15.0.